The summed E-state index contributed by atoms with van der Waals surface area (Å²) in [5.41, 5.74) is 0.0667. The number of non-ortho nitro benzene ring substituents is 1. The van der Waals surface area contributed by atoms with Crippen LogP contribution in [0.5, 0.6) is 0 Å². The van der Waals surface area contributed by atoms with Crippen LogP contribution in [-0.2, 0) is 14.3 Å². The molecule has 0 aliphatic rings. The number of hydrogen-bond donors (Lipinski definition) is 0. The molecule has 1 aromatic carbocycles. The Hall–Kier alpha value is -2.44. The van der Waals surface area contributed by atoms with Crippen molar-refractivity contribution in [3.8, 4) is 0 Å². The van der Waals surface area contributed by atoms with Gasteiger partial charge in [0.15, 0.2) is 0 Å². The van der Waals surface area contributed by atoms with Crippen molar-refractivity contribution in [2.24, 2.45) is 5.92 Å². The van der Waals surface area contributed by atoms with E-state index in [-0.39, 0.29) is 11.3 Å². The normalized spacial score (nSPS) is 13.2. The van der Waals surface area contributed by atoms with E-state index in [4.69, 9.17) is 4.74 Å². The summed E-state index contributed by atoms with van der Waals surface area (Å²) in [6.45, 7) is 3.16. The first kappa shape index (κ1) is 15.6. The first-order valence-electron chi connectivity index (χ1n) is 5.90. The van der Waals surface area contributed by atoms with E-state index >= 15 is 0 Å². The number of ether oxygens (including phenoxy) is 2. The van der Waals surface area contributed by atoms with Crippen LogP contribution < -0.4 is 0 Å². The molecule has 0 aromatic heterocycles. The summed E-state index contributed by atoms with van der Waals surface area (Å²) in [6.07, 6.45) is -0.662. The molecule has 7 heteroatoms. The highest BCUT2D eigenvalue weighted by molar-refractivity contribution is 5.90. The molecule has 0 amide bonds. The first-order chi connectivity index (χ1) is 9.36. The Bertz CT molecular complexity index is 510. The van der Waals surface area contributed by atoms with E-state index < -0.39 is 28.9 Å². The number of methoxy groups -OCH3 is 1. The number of nitro benzene ring substituents is 1. The number of nitrogens with zero attached hydrogens (tertiary/aromatic N) is 1. The zero-order chi connectivity index (χ0) is 15.3. The van der Waals surface area contributed by atoms with E-state index in [0.717, 1.165) is 0 Å². The van der Waals surface area contributed by atoms with Crippen molar-refractivity contribution in [3.05, 3.63) is 39.9 Å². The molecule has 0 bridgehead atoms. The molecule has 2 atom stereocenters. The predicted octanol–water partition coefficient (Wildman–Crippen LogP) is 1.95. The lowest BCUT2D eigenvalue weighted by atomic mass is 10.1. The first-order valence-corrected chi connectivity index (χ1v) is 5.90. The van der Waals surface area contributed by atoms with Gasteiger partial charge >= 0.3 is 11.9 Å². The third-order valence-corrected chi connectivity index (χ3v) is 2.88. The maximum absolute atomic E-state index is 11.8. The minimum Gasteiger partial charge on any atom is -0.469 e. The lowest BCUT2D eigenvalue weighted by Gasteiger charge is -2.18. The monoisotopic (exact) mass is 281 g/mol. The Labute approximate surface area is 115 Å². The van der Waals surface area contributed by atoms with E-state index in [1.165, 1.54) is 31.4 Å². The Balaban J connectivity index is 2.71. The predicted molar refractivity (Wildman–Crippen MR) is 69.2 cm³/mol. The highest BCUT2D eigenvalue weighted by Crippen LogP contribution is 2.15. The highest BCUT2D eigenvalue weighted by Gasteiger charge is 2.24. The van der Waals surface area contributed by atoms with E-state index in [1.807, 2.05) is 0 Å². The van der Waals surface area contributed by atoms with Crippen molar-refractivity contribution in [1.82, 2.24) is 0 Å². The summed E-state index contributed by atoms with van der Waals surface area (Å²) >= 11 is 0. The van der Waals surface area contributed by atoms with Crippen LogP contribution in [0.1, 0.15) is 24.2 Å². The topological polar surface area (TPSA) is 95.7 Å². The Kier molecular flexibility index (Phi) is 5.19. The number of esters is 2. The number of carbonyl (C=O) groups is 2. The fraction of sp³-hybridized carbons (Fsp3) is 0.385. The van der Waals surface area contributed by atoms with Gasteiger partial charge in [-0.2, -0.15) is 0 Å². The van der Waals surface area contributed by atoms with Crippen LogP contribution in [0.4, 0.5) is 5.69 Å². The van der Waals surface area contributed by atoms with Crippen LogP contribution in [0.3, 0.4) is 0 Å². The smallest absolute Gasteiger partial charge is 0.338 e. The van der Waals surface area contributed by atoms with Crippen LogP contribution in [0.2, 0.25) is 0 Å². The van der Waals surface area contributed by atoms with Gasteiger partial charge < -0.3 is 9.47 Å². The Morgan fingerprint density at radius 3 is 2.20 bits per heavy atom. The minimum absolute atomic E-state index is 0.113. The van der Waals surface area contributed by atoms with Gasteiger partial charge in [-0.1, -0.05) is 0 Å². The molecule has 1 aromatic rings. The number of rotatable bonds is 5. The molecule has 0 unspecified atom stereocenters. The zero-order valence-corrected chi connectivity index (χ0v) is 11.4. The van der Waals surface area contributed by atoms with Crippen molar-refractivity contribution in [2.75, 3.05) is 7.11 Å². The molecule has 0 heterocycles. The van der Waals surface area contributed by atoms with Gasteiger partial charge in [-0.15, -0.1) is 0 Å². The van der Waals surface area contributed by atoms with Crippen LogP contribution in [0, 0.1) is 16.0 Å². The molecule has 20 heavy (non-hydrogen) atoms. The van der Waals surface area contributed by atoms with Crippen molar-refractivity contribution in [2.45, 2.75) is 20.0 Å². The molecule has 0 saturated heterocycles. The molecule has 1 rings (SSSR count). The van der Waals surface area contributed by atoms with E-state index in [1.54, 1.807) is 13.8 Å². The second kappa shape index (κ2) is 6.65. The number of hydrogen-bond acceptors (Lipinski definition) is 6. The molecule has 7 nitrogen and oxygen atoms in total. The zero-order valence-electron chi connectivity index (χ0n) is 11.4. The largest absolute Gasteiger partial charge is 0.469 e. The standard InChI is InChI=1S/C13H15NO6/c1-8(12(15)19-3)9(2)20-13(16)10-4-6-11(7-5-10)14(17)18/h4-9H,1-3H3/t8-,9-/m0/s1. The molecule has 0 aliphatic carbocycles. The maximum Gasteiger partial charge on any atom is 0.338 e. The van der Waals surface area contributed by atoms with Crippen LogP contribution in [0.15, 0.2) is 24.3 Å². The van der Waals surface area contributed by atoms with E-state index in [0.29, 0.717) is 0 Å². The lowest BCUT2D eigenvalue weighted by Crippen LogP contribution is -2.29. The second-order valence-electron chi connectivity index (χ2n) is 4.23. The molecule has 0 saturated carbocycles. The summed E-state index contributed by atoms with van der Waals surface area (Å²) in [7, 11) is 1.25. The molecule has 0 fully saturated rings. The summed E-state index contributed by atoms with van der Waals surface area (Å²) in [5, 5.41) is 10.5. The average molecular weight is 281 g/mol. The third kappa shape index (κ3) is 3.78. The fourth-order valence-corrected chi connectivity index (χ4v) is 1.44. The van der Waals surface area contributed by atoms with E-state index in [9.17, 15) is 19.7 Å². The molecular formula is C13H15NO6. The molecule has 0 aliphatic heterocycles. The maximum atomic E-state index is 11.8. The summed E-state index contributed by atoms with van der Waals surface area (Å²) in [6, 6.07) is 5.03. The van der Waals surface area contributed by atoms with Crippen molar-refractivity contribution >= 4 is 17.6 Å². The molecule has 0 N–H and O–H groups in total. The van der Waals surface area contributed by atoms with Crippen LogP contribution >= 0.6 is 0 Å². The van der Waals surface area contributed by atoms with Gasteiger partial charge in [-0.3, -0.25) is 14.9 Å². The minimum atomic E-state index is -0.662. The molecule has 108 valence electrons. The Morgan fingerprint density at radius 2 is 1.75 bits per heavy atom. The van der Waals surface area contributed by atoms with Gasteiger partial charge in [-0.05, 0) is 26.0 Å². The molecule has 0 radical (unpaired) electrons. The van der Waals surface area contributed by atoms with Gasteiger partial charge in [0.05, 0.1) is 23.5 Å². The van der Waals surface area contributed by atoms with Crippen molar-refractivity contribution in [1.29, 1.82) is 0 Å². The number of nitro groups is 1. The van der Waals surface area contributed by atoms with Crippen LogP contribution in [-0.4, -0.2) is 30.1 Å². The average Bonchev–Trinajstić information content (AvgIpc) is 2.45. The lowest BCUT2D eigenvalue weighted by molar-refractivity contribution is -0.384. The summed E-state index contributed by atoms with van der Waals surface area (Å²) in [4.78, 5) is 33.0. The summed E-state index contributed by atoms with van der Waals surface area (Å²) < 4.78 is 9.67. The Morgan fingerprint density at radius 1 is 1.20 bits per heavy atom. The fourth-order valence-electron chi connectivity index (χ4n) is 1.44. The van der Waals surface area contributed by atoms with Gasteiger partial charge in [0.2, 0.25) is 0 Å². The van der Waals surface area contributed by atoms with Gasteiger partial charge in [0.1, 0.15) is 6.10 Å². The molecular weight excluding hydrogens is 266 g/mol. The highest BCUT2D eigenvalue weighted by atomic mass is 16.6. The molecule has 0 spiro atoms. The van der Waals surface area contributed by atoms with Gasteiger partial charge in [-0.25, -0.2) is 4.79 Å². The van der Waals surface area contributed by atoms with Crippen molar-refractivity contribution < 1.29 is 24.0 Å². The van der Waals surface area contributed by atoms with Crippen LogP contribution in [0.25, 0.3) is 0 Å². The SMILES string of the molecule is COC(=O)[C@@H](C)[C@H](C)OC(=O)c1ccc([N+](=O)[O-])cc1. The number of carbonyl (C=O) groups excluding carboxylic acids is 2. The van der Waals surface area contributed by atoms with Gasteiger partial charge in [0, 0.05) is 12.1 Å². The van der Waals surface area contributed by atoms with Gasteiger partial charge in [0.25, 0.3) is 5.69 Å². The van der Waals surface area contributed by atoms with Crippen molar-refractivity contribution in [3.63, 3.8) is 0 Å². The number of benzene rings is 1. The third-order valence-electron chi connectivity index (χ3n) is 2.88. The quantitative estimate of drug-likeness (QED) is 0.465. The van der Waals surface area contributed by atoms with E-state index in [2.05, 4.69) is 4.74 Å². The summed E-state index contributed by atoms with van der Waals surface area (Å²) in [5.74, 6) is -1.72. The second-order valence-corrected chi connectivity index (χ2v) is 4.23.